The molecule has 3 atom stereocenters. The molecule has 0 aliphatic carbocycles. The van der Waals surface area contributed by atoms with Gasteiger partial charge >= 0.3 is 0 Å². The number of aliphatic hydroxyl groups is 1. The maximum Gasteiger partial charge on any atom is 0.105 e. The van der Waals surface area contributed by atoms with Crippen molar-refractivity contribution in [1.82, 2.24) is 0 Å². The second kappa shape index (κ2) is 7.77. The van der Waals surface area contributed by atoms with Crippen molar-refractivity contribution in [3.8, 4) is 0 Å². The summed E-state index contributed by atoms with van der Waals surface area (Å²) in [5.41, 5.74) is 2.20. The lowest BCUT2D eigenvalue weighted by Crippen LogP contribution is -2.28. The quantitative estimate of drug-likeness (QED) is 0.868. The second-order valence-electron chi connectivity index (χ2n) is 5.57. The fourth-order valence-corrected chi connectivity index (χ4v) is 2.51. The molecule has 2 rings (SSSR count). The first-order valence-electron chi connectivity index (χ1n) is 7.70. The summed E-state index contributed by atoms with van der Waals surface area (Å²) in [6.07, 6.45) is 3.84. The van der Waals surface area contributed by atoms with E-state index in [2.05, 4.69) is 19.1 Å². The van der Waals surface area contributed by atoms with Crippen molar-refractivity contribution < 1.29 is 14.6 Å². The summed E-state index contributed by atoms with van der Waals surface area (Å²) in [6, 6.07) is 8.10. The van der Waals surface area contributed by atoms with E-state index in [1.165, 1.54) is 12.0 Å². The van der Waals surface area contributed by atoms with E-state index in [0.717, 1.165) is 31.4 Å². The van der Waals surface area contributed by atoms with E-state index in [1.807, 2.05) is 19.1 Å². The number of ether oxygens (including phenoxy) is 2. The van der Waals surface area contributed by atoms with Gasteiger partial charge in [0.15, 0.2) is 0 Å². The van der Waals surface area contributed by atoms with Gasteiger partial charge in [-0.05, 0) is 43.7 Å². The molecule has 0 bridgehead atoms. The molecule has 1 aromatic rings. The molecule has 3 nitrogen and oxygen atoms in total. The van der Waals surface area contributed by atoms with Gasteiger partial charge in [0.1, 0.15) is 6.10 Å². The molecule has 3 heteroatoms. The number of aliphatic hydroxyl groups excluding tert-OH is 1. The van der Waals surface area contributed by atoms with Crippen LogP contribution < -0.4 is 0 Å². The summed E-state index contributed by atoms with van der Waals surface area (Å²) in [5.74, 6) is 0. The monoisotopic (exact) mass is 278 g/mol. The van der Waals surface area contributed by atoms with E-state index in [0.29, 0.717) is 6.61 Å². The van der Waals surface area contributed by atoms with E-state index < -0.39 is 6.10 Å². The minimum atomic E-state index is -0.579. The Bertz CT molecular complexity index is 382. The Morgan fingerprint density at radius 3 is 2.65 bits per heavy atom. The lowest BCUT2D eigenvalue weighted by atomic mass is 10.0. The molecule has 0 spiro atoms. The highest BCUT2D eigenvalue weighted by atomic mass is 16.5. The highest BCUT2D eigenvalue weighted by molar-refractivity contribution is 5.24. The molecule has 1 heterocycles. The van der Waals surface area contributed by atoms with Crippen LogP contribution in [0.4, 0.5) is 0 Å². The lowest BCUT2D eigenvalue weighted by Gasteiger charge is -2.26. The summed E-state index contributed by atoms with van der Waals surface area (Å²) in [5, 5.41) is 10.3. The summed E-state index contributed by atoms with van der Waals surface area (Å²) in [7, 11) is 0. The van der Waals surface area contributed by atoms with E-state index in [9.17, 15) is 5.11 Å². The molecule has 1 aliphatic rings. The van der Waals surface area contributed by atoms with Crippen molar-refractivity contribution in [3.05, 3.63) is 35.4 Å². The van der Waals surface area contributed by atoms with Gasteiger partial charge in [-0.2, -0.15) is 0 Å². The molecule has 1 aromatic carbocycles. The minimum Gasteiger partial charge on any atom is -0.386 e. The van der Waals surface area contributed by atoms with Gasteiger partial charge in [-0.1, -0.05) is 31.2 Å². The zero-order chi connectivity index (χ0) is 14.4. The smallest absolute Gasteiger partial charge is 0.105 e. The van der Waals surface area contributed by atoms with Gasteiger partial charge in [-0.3, -0.25) is 0 Å². The van der Waals surface area contributed by atoms with Crippen LogP contribution in [0.2, 0.25) is 0 Å². The number of aryl methyl sites for hydroxylation is 1. The van der Waals surface area contributed by atoms with Gasteiger partial charge < -0.3 is 14.6 Å². The van der Waals surface area contributed by atoms with Crippen LogP contribution in [0, 0.1) is 0 Å². The van der Waals surface area contributed by atoms with Crippen LogP contribution in [0.15, 0.2) is 24.3 Å². The molecule has 112 valence electrons. The molecule has 0 saturated carbocycles. The van der Waals surface area contributed by atoms with Crippen molar-refractivity contribution in [1.29, 1.82) is 0 Å². The van der Waals surface area contributed by atoms with Crippen LogP contribution in [0.3, 0.4) is 0 Å². The summed E-state index contributed by atoms with van der Waals surface area (Å²) >= 11 is 0. The van der Waals surface area contributed by atoms with Crippen LogP contribution in [0.1, 0.15) is 50.3 Å². The molecule has 1 aliphatic heterocycles. The Morgan fingerprint density at radius 1 is 1.30 bits per heavy atom. The van der Waals surface area contributed by atoms with Crippen molar-refractivity contribution in [2.24, 2.45) is 0 Å². The maximum absolute atomic E-state index is 10.3. The second-order valence-corrected chi connectivity index (χ2v) is 5.57. The number of hydrogen-bond acceptors (Lipinski definition) is 3. The summed E-state index contributed by atoms with van der Waals surface area (Å²) in [4.78, 5) is 0. The highest BCUT2D eigenvalue weighted by Gasteiger charge is 2.20. The molecule has 0 radical (unpaired) electrons. The van der Waals surface area contributed by atoms with Crippen molar-refractivity contribution in [2.75, 3.05) is 13.2 Å². The highest BCUT2D eigenvalue weighted by Crippen LogP contribution is 2.21. The van der Waals surface area contributed by atoms with E-state index >= 15 is 0 Å². The SMILES string of the molecule is CCc1ccc(C(O)C(C)OCC2CCCCO2)cc1. The van der Waals surface area contributed by atoms with Crippen LogP contribution in [-0.2, 0) is 15.9 Å². The van der Waals surface area contributed by atoms with E-state index in [-0.39, 0.29) is 12.2 Å². The predicted molar refractivity (Wildman–Crippen MR) is 79.8 cm³/mol. The first kappa shape index (κ1) is 15.5. The van der Waals surface area contributed by atoms with Crippen LogP contribution in [0.5, 0.6) is 0 Å². The van der Waals surface area contributed by atoms with Gasteiger partial charge in [-0.25, -0.2) is 0 Å². The van der Waals surface area contributed by atoms with Crippen molar-refractivity contribution >= 4 is 0 Å². The Morgan fingerprint density at radius 2 is 2.05 bits per heavy atom. The zero-order valence-corrected chi connectivity index (χ0v) is 12.5. The van der Waals surface area contributed by atoms with Crippen LogP contribution in [0.25, 0.3) is 0 Å². The van der Waals surface area contributed by atoms with Crippen molar-refractivity contribution in [2.45, 2.75) is 57.8 Å². The Kier molecular flexibility index (Phi) is 6.02. The van der Waals surface area contributed by atoms with Gasteiger partial charge in [-0.15, -0.1) is 0 Å². The van der Waals surface area contributed by atoms with Crippen LogP contribution in [-0.4, -0.2) is 30.5 Å². The maximum atomic E-state index is 10.3. The number of rotatable bonds is 6. The summed E-state index contributed by atoms with van der Waals surface area (Å²) < 4.78 is 11.4. The standard InChI is InChI=1S/C17H26O3/c1-3-14-7-9-15(10-8-14)17(18)13(2)20-12-16-6-4-5-11-19-16/h7-10,13,16-18H,3-6,11-12H2,1-2H3. The molecule has 0 amide bonds. The molecular weight excluding hydrogens is 252 g/mol. The fraction of sp³-hybridized carbons (Fsp3) is 0.647. The predicted octanol–water partition coefficient (Wildman–Crippen LogP) is 3.26. The third kappa shape index (κ3) is 4.30. The van der Waals surface area contributed by atoms with E-state index in [4.69, 9.17) is 9.47 Å². The molecular formula is C17H26O3. The Hall–Kier alpha value is -0.900. The third-order valence-corrected chi connectivity index (χ3v) is 3.99. The topological polar surface area (TPSA) is 38.7 Å². The summed E-state index contributed by atoms with van der Waals surface area (Å²) in [6.45, 7) is 5.46. The Balaban J connectivity index is 1.82. The third-order valence-electron chi connectivity index (χ3n) is 3.99. The van der Waals surface area contributed by atoms with Gasteiger partial charge in [0.25, 0.3) is 0 Å². The lowest BCUT2D eigenvalue weighted by molar-refractivity contribution is -0.0886. The number of benzene rings is 1. The van der Waals surface area contributed by atoms with Gasteiger partial charge in [0, 0.05) is 6.61 Å². The van der Waals surface area contributed by atoms with Crippen molar-refractivity contribution in [3.63, 3.8) is 0 Å². The molecule has 1 fully saturated rings. The molecule has 1 N–H and O–H groups in total. The minimum absolute atomic E-state index is 0.195. The first-order chi connectivity index (χ1) is 9.70. The average molecular weight is 278 g/mol. The molecule has 1 saturated heterocycles. The fourth-order valence-electron chi connectivity index (χ4n) is 2.51. The Labute approximate surface area is 121 Å². The largest absolute Gasteiger partial charge is 0.386 e. The van der Waals surface area contributed by atoms with Gasteiger partial charge in [0.05, 0.1) is 18.8 Å². The first-order valence-corrected chi connectivity index (χ1v) is 7.70. The molecule has 20 heavy (non-hydrogen) atoms. The molecule has 3 unspecified atom stereocenters. The van der Waals surface area contributed by atoms with Gasteiger partial charge in [0.2, 0.25) is 0 Å². The normalized spacial score (nSPS) is 22.4. The van der Waals surface area contributed by atoms with Crippen LogP contribution >= 0.6 is 0 Å². The van der Waals surface area contributed by atoms with E-state index in [1.54, 1.807) is 0 Å². The number of hydrogen-bond donors (Lipinski definition) is 1. The molecule has 0 aromatic heterocycles. The average Bonchev–Trinajstić information content (AvgIpc) is 2.53. The zero-order valence-electron chi connectivity index (χ0n) is 12.5.